The van der Waals surface area contributed by atoms with Gasteiger partial charge in [-0.05, 0) is 31.0 Å². The summed E-state index contributed by atoms with van der Waals surface area (Å²) in [6.07, 6.45) is 2.26. The molecule has 0 aromatic heterocycles. The molecule has 4 rings (SSSR count). The van der Waals surface area contributed by atoms with Gasteiger partial charge in [0.1, 0.15) is 0 Å². The van der Waals surface area contributed by atoms with E-state index < -0.39 is 0 Å². The minimum Gasteiger partial charge on any atom is -0.379 e. The van der Waals surface area contributed by atoms with Crippen molar-refractivity contribution < 1.29 is 14.3 Å². The van der Waals surface area contributed by atoms with Gasteiger partial charge in [-0.1, -0.05) is 6.07 Å². The number of nitrogens with zero attached hydrogens (tertiary/aromatic N) is 3. The van der Waals surface area contributed by atoms with Crippen molar-refractivity contribution in [3.63, 3.8) is 0 Å². The van der Waals surface area contributed by atoms with Crippen LogP contribution in [0.4, 0.5) is 5.69 Å². The molecule has 3 saturated heterocycles. The lowest BCUT2D eigenvalue weighted by atomic mass is 10.0. The number of hydrogen-bond acceptors (Lipinski definition) is 5. The lowest BCUT2D eigenvalue weighted by Crippen LogP contribution is -2.52. The molecular weight excluding hydrogens is 330 g/mol. The monoisotopic (exact) mass is 359 g/mol. The average Bonchev–Trinajstić information content (AvgIpc) is 2.75. The summed E-state index contributed by atoms with van der Waals surface area (Å²) in [5.41, 5.74) is 1.93. The van der Waals surface area contributed by atoms with Gasteiger partial charge in [0.05, 0.1) is 26.4 Å². The summed E-state index contributed by atoms with van der Waals surface area (Å²) in [6.45, 7) is 8.58. The van der Waals surface area contributed by atoms with Crippen LogP contribution in [0.25, 0.3) is 0 Å². The Labute approximate surface area is 155 Å². The summed E-state index contributed by atoms with van der Waals surface area (Å²) >= 11 is 0. The van der Waals surface area contributed by atoms with Gasteiger partial charge in [0.15, 0.2) is 0 Å². The highest BCUT2D eigenvalue weighted by Crippen LogP contribution is 2.22. The van der Waals surface area contributed by atoms with E-state index in [1.165, 1.54) is 6.42 Å². The first-order valence-corrected chi connectivity index (χ1v) is 9.85. The Bertz CT molecular complexity index is 612. The molecule has 0 spiro atoms. The summed E-state index contributed by atoms with van der Waals surface area (Å²) < 4.78 is 10.9. The predicted molar refractivity (Wildman–Crippen MR) is 101 cm³/mol. The van der Waals surface area contributed by atoms with Crippen LogP contribution in [0.15, 0.2) is 24.3 Å². The molecule has 0 bridgehead atoms. The molecule has 0 saturated carbocycles. The van der Waals surface area contributed by atoms with Gasteiger partial charge in [-0.2, -0.15) is 0 Å². The summed E-state index contributed by atoms with van der Waals surface area (Å²) in [5, 5.41) is 0. The second kappa shape index (κ2) is 8.37. The van der Waals surface area contributed by atoms with E-state index in [-0.39, 0.29) is 5.91 Å². The highest BCUT2D eigenvalue weighted by molar-refractivity contribution is 5.95. The van der Waals surface area contributed by atoms with Crippen LogP contribution in [0, 0.1) is 0 Å². The van der Waals surface area contributed by atoms with Crippen molar-refractivity contribution in [3.8, 4) is 0 Å². The van der Waals surface area contributed by atoms with Crippen molar-refractivity contribution in [2.24, 2.45) is 0 Å². The summed E-state index contributed by atoms with van der Waals surface area (Å²) in [5.74, 6) is 0.165. The minimum atomic E-state index is 0.165. The van der Waals surface area contributed by atoms with Crippen molar-refractivity contribution in [2.45, 2.75) is 18.9 Å². The normalized spacial score (nSPS) is 25.3. The largest absolute Gasteiger partial charge is 0.379 e. The topological polar surface area (TPSA) is 45.2 Å². The summed E-state index contributed by atoms with van der Waals surface area (Å²) in [7, 11) is 0. The van der Waals surface area contributed by atoms with Crippen molar-refractivity contribution in [1.82, 2.24) is 9.80 Å². The lowest BCUT2D eigenvalue weighted by molar-refractivity contribution is -0.00120. The number of ether oxygens (including phenoxy) is 2. The first kappa shape index (κ1) is 17.8. The van der Waals surface area contributed by atoms with Gasteiger partial charge in [0, 0.05) is 56.6 Å². The fourth-order valence-corrected chi connectivity index (χ4v) is 4.22. The van der Waals surface area contributed by atoms with Crippen LogP contribution < -0.4 is 4.90 Å². The molecule has 0 aliphatic carbocycles. The van der Waals surface area contributed by atoms with Gasteiger partial charge in [-0.25, -0.2) is 0 Å². The van der Waals surface area contributed by atoms with Crippen molar-refractivity contribution >= 4 is 11.6 Å². The number of morpholine rings is 2. The van der Waals surface area contributed by atoms with Gasteiger partial charge in [-0.15, -0.1) is 0 Å². The number of hydrogen-bond donors (Lipinski definition) is 0. The Hall–Kier alpha value is -1.63. The maximum Gasteiger partial charge on any atom is 0.253 e. The fraction of sp³-hybridized carbons (Fsp3) is 0.650. The standard InChI is InChI=1S/C20H29N3O3/c24-20(17-3-1-4-18(15-17)21-7-11-25-12-8-21)23-6-2-5-19(16-23)22-9-13-26-14-10-22/h1,3-4,15,19H,2,5-14,16H2. The SMILES string of the molecule is O=C(c1cccc(N2CCOCC2)c1)N1CCCC(N2CCOCC2)C1. The van der Waals surface area contributed by atoms with Crippen LogP contribution in [-0.4, -0.2) is 87.4 Å². The molecule has 0 N–H and O–H groups in total. The Kier molecular flexibility index (Phi) is 5.72. The number of anilines is 1. The third-order valence-electron chi connectivity index (χ3n) is 5.72. The van der Waals surface area contributed by atoms with E-state index in [9.17, 15) is 4.79 Å². The molecule has 3 heterocycles. The van der Waals surface area contributed by atoms with Crippen LogP contribution in [0.5, 0.6) is 0 Å². The molecule has 3 fully saturated rings. The van der Waals surface area contributed by atoms with E-state index >= 15 is 0 Å². The van der Waals surface area contributed by atoms with Crippen molar-refractivity contribution in [1.29, 1.82) is 0 Å². The quantitative estimate of drug-likeness (QED) is 0.818. The van der Waals surface area contributed by atoms with Gasteiger partial charge >= 0.3 is 0 Å². The molecule has 6 heteroatoms. The average molecular weight is 359 g/mol. The first-order chi connectivity index (χ1) is 12.8. The van der Waals surface area contributed by atoms with Crippen LogP contribution in [-0.2, 0) is 9.47 Å². The Morgan fingerprint density at radius 1 is 0.962 bits per heavy atom. The van der Waals surface area contributed by atoms with E-state index in [1.54, 1.807) is 0 Å². The molecule has 0 radical (unpaired) electrons. The molecule has 142 valence electrons. The zero-order chi connectivity index (χ0) is 17.8. The van der Waals surface area contributed by atoms with Crippen LogP contribution in [0.3, 0.4) is 0 Å². The zero-order valence-corrected chi connectivity index (χ0v) is 15.4. The van der Waals surface area contributed by atoms with Crippen molar-refractivity contribution in [2.75, 3.05) is 70.6 Å². The van der Waals surface area contributed by atoms with Crippen LogP contribution >= 0.6 is 0 Å². The molecule has 1 amide bonds. The highest BCUT2D eigenvalue weighted by Gasteiger charge is 2.29. The van der Waals surface area contributed by atoms with E-state index in [0.29, 0.717) is 6.04 Å². The lowest BCUT2D eigenvalue weighted by Gasteiger charge is -2.41. The van der Waals surface area contributed by atoms with Crippen LogP contribution in [0.1, 0.15) is 23.2 Å². The summed E-state index contributed by atoms with van der Waals surface area (Å²) in [4.78, 5) is 19.9. The Morgan fingerprint density at radius 3 is 2.46 bits per heavy atom. The number of carbonyl (C=O) groups excluding carboxylic acids is 1. The number of benzene rings is 1. The molecule has 1 aromatic rings. The second-order valence-electron chi connectivity index (χ2n) is 7.35. The minimum absolute atomic E-state index is 0.165. The smallest absolute Gasteiger partial charge is 0.253 e. The zero-order valence-electron chi connectivity index (χ0n) is 15.4. The van der Waals surface area contributed by atoms with Gasteiger partial charge in [0.2, 0.25) is 0 Å². The molecule has 1 atom stereocenters. The number of amides is 1. The van der Waals surface area contributed by atoms with E-state index in [2.05, 4.69) is 15.9 Å². The Balaban J connectivity index is 1.43. The van der Waals surface area contributed by atoms with Gasteiger partial charge in [-0.3, -0.25) is 9.69 Å². The Morgan fingerprint density at radius 2 is 1.69 bits per heavy atom. The first-order valence-electron chi connectivity index (χ1n) is 9.85. The maximum atomic E-state index is 13.1. The maximum absolute atomic E-state index is 13.1. The van der Waals surface area contributed by atoms with E-state index in [4.69, 9.17) is 9.47 Å². The summed E-state index contributed by atoms with van der Waals surface area (Å²) in [6, 6.07) is 8.56. The van der Waals surface area contributed by atoms with Gasteiger partial charge in [0.25, 0.3) is 5.91 Å². The van der Waals surface area contributed by atoms with Gasteiger partial charge < -0.3 is 19.3 Å². The second-order valence-corrected chi connectivity index (χ2v) is 7.35. The third kappa shape index (κ3) is 4.03. The van der Waals surface area contributed by atoms with Crippen molar-refractivity contribution in [3.05, 3.63) is 29.8 Å². The van der Waals surface area contributed by atoms with Crippen LogP contribution in [0.2, 0.25) is 0 Å². The molecule has 1 unspecified atom stereocenters. The molecule has 3 aliphatic heterocycles. The molecule has 26 heavy (non-hydrogen) atoms. The molecule has 1 aromatic carbocycles. The number of rotatable bonds is 3. The molecular formula is C20H29N3O3. The highest BCUT2D eigenvalue weighted by atomic mass is 16.5. The van der Waals surface area contributed by atoms with E-state index in [1.807, 2.05) is 23.1 Å². The third-order valence-corrected chi connectivity index (χ3v) is 5.72. The van der Waals surface area contributed by atoms with E-state index in [0.717, 1.165) is 83.4 Å². The molecule has 3 aliphatic rings. The number of likely N-dealkylation sites (tertiary alicyclic amines) is 1. The molecule has 6 nitrogen and oxygen atoms in total. The fourth-order valence-electron chi connectivity index (χ4n) is 4.22. The number of carbonyl (C=O) groups is 1. The predicted octanol–water partition coefficient (Wildman–Crippen LogP) is 1.46. The number of piperidine rings is 1.